The quantitative estimate of drug-likeness (QED) is 0.921. The number of rotatable bonds is 3. The Labute approximate surface area is 136 Å². The molecule has 2 aromatic rings. The number of carboxylic acids is 1. The largest absolute Gasteiger partial charge is 0.481 e. The molecule has 0 saturated heterocycles. The monoisotopic (exact) mass is 332 g/mol. The van der Waals surface area contributed by atoms with Crippen LogP contribution in [0, 0.1) is 5.92 Å². The van der Waals surface area contributed by atoms with E-state index in [2.05, 4.69) is 10.2 Å². The van der Waals surface area contributed by atoms with Gasteiger partial charge in [-0.05, 0) is 30.0 Å². The molecular formula is C16H13ClN2O2S. The third-order valence-corrected chi connectivity index (χ3v) is 4.91. The normalized spacial score (nSPS) is 21.2. The molecule has 1 aliphatic heterocycles. The summed E-state index contributed by atoms with van der Waals surface area (Å²) in [5, 5.41) is 20.5. The first-order valence-electron chi connectivity index (χ1n) is 6.72. The van der Waals surface area contributed by atoms with Gasteiger partial charge in [0.05, 0.1) is 16.3 Å². The van der Waals surface area contributed by atoms with Gasteiger partial charge in [-0.1, -0.05) is 35.9 Å². The summed E-state index contributed by atoms with van der Waals surface area (Å²) in [6, 6.07) is 11.1. The maximum absolute atomic E-state index is 11.8. The van der Waals surface area contributed by atoms with Gasteiger partial charge in [-0.2, -0.15) is 10.2 Å². The first kappa shape index (κ1) is 14.9. The van der Waals surface area contributed by atoms with E-state index in [0.717, 1.165) is 10.4 Å². The number of hydrogen-bond acceptors (Lipinski definition) is 4. The van der Waals surface area contributed by atoms with Crippen molar-refractivity contribution in [3.63, 3.8) is 0 Å². The number of thiophene rings is 1. The Morgan fingerprint density at radius 3 is 2.64 bits per heavy atom. The number of carboxylic acid groups (broad SMARTS) is 1. The van der Waals surface area contributed by atoms with Crippen molar-refractivity contribution in [3.05, 3.63) is 57.2 Å². The standard InChI is InChI=1S/C16H13ClN2O2S/c1-9-13(16(20)21)14(10-5-2-3-6-11(10)17)15(19-18-9)12-7-4-8-22-12/h2-8,13-14H,1H3,(H,20,21). The maximum atomic E-state index is 11.8. The molecule has 0 saturated carbocycles. The third-order valence-electron chi connectivity index (χ3n) is 3.67. The van der Waals surface area contributed by atoms with Crippen LogP contribution < -0.4 is 0 Å². The number of hydrogen-bond donors (Lipinski definition) is 1. The van der Waals surface area contributed by atoms with Crippen molar-refractivity contribution in [2.45, 2.75) is 12.8 Å². The molecule has 1 aromatic carbocycles. The molecule has 1 aliphatic rings. The van der Waals surface area contributed by atoms with Crippen LogP contribution in [0.25, 0.3) is 0 Å². The molecule has 22 heavy (non-hydrogen) atoms. The van der Waals surface area contributed by atoms with Crippen LogP contribution in [0.4, 0.5) is 0 Å². The number of benzene rings is 1. The Balaban J connectivity index is 2.19. The highest BCUT2D eigenvalue weighted by molar-refractivity contribution is 7.12. The van der Waals surface area contributed by atoms with Crippen LogP contribution in [-0.2, 0) is 4.79 Å². The Bertz CT molecular complexity index is 768. The van der Waals surface area contributed by atoms with E-state index in [1.807, 2.05) is 35.7 Å². The molecule has 0 bridgehead atoms. The second-order valence-electron chi connectivity index (χ2n) is 5.02. The molecule has 0 amide bonds. The minimum Gasteiger partial charge on any atom is -0.481 e. The van der Waals surface area contributed by atoms with Crippen LogP contribution in [0.15, 0.2) is 52.0 Å². The number of halogens is 1. The SMILES string of the molecule is CC1=NN=C(c2cccs2)C(c2ccccc2Cl)C1C(=O)O. The van der Waals surface area contributed by atoms with Gasteiger partial charge >= 0.3 is 5.97 Å². The Morgan fingerprint density at radius 1 is 1.23 bits per heavy atom. The van der Waals surface area contributed by atoms with Crippen LogP contribution in [0.5, 0.6) is 0 Å². The van der Waals surface area contributed by atoms with Crippen molar-refractivity contribution < 1.29 is 9.90 Å². The molecule has 6 heteroatoms. The molecule has 0 aliphatic carbocycles. The van der Waals surface area contributed by atoms with Crippen LogP contribution in [-0.4, -0.2) is 22.5 Å². The van der Waals surface area contributed by atoms with Crippen molar-refractivity contribution in [3.8, 4) is 0 Å². The smallest absolute Gasteiger partial charge is 0.313 e. The minimum atomic E-state index is -0.921. The first-order valence-corrected chi connectivity index (χ1v) is 7.98. The maximum Gasteiger partial charge on any atom is 0.313 e. The molecule has 1 aromatic heterocycles. The van der Waals surface area contributed by atoms with E-state index in [1.165, 1.54) is 11.3 Å². The zero-order valence-corrected chi connectivity index (χ0v) is 13.3. The van der Waals surface area contributed by atoms with Crippen LogP contribution in [0.2, 0.25) is 5.02 Å². The van der Waals surface area contributed by atoms with E-state index in [1.54, 1.807) is 13.0 Å². The second kappa shape index (κ2) is 6.02. The van der Waals surface area contributed by atoms with Crippen molar-refractivity contribution in [1.82, 2.24) is 0 Å². The zero-order valence-electron chi connectivity index (χ0n) is 11.7. The van der Waals surface area contributed by atoms with E-state index in [4.69, 9.17) is 11.6 Å². The number of nitrogens with zero attached hydrogens (tertiary/aromatic N) is 2. The Hall–Kier alpha value is -1.98. The lowest BCUT2D eigenvalue weighted by Gasteiger charge is -2.28. The van der Waals surface area contributed by atoms with Crippen LogP contribution in [0.1, 0.15) is 23.3 Å². The van der Waals surface area contributed by atoms with Crippen LogP contribution >= 0.6 is 22.9 Å². The molecule has 4 nitrogen and oxygen atoms in total. The van der Waals surface area contributed by atoms with Crippen molar-refractivity contribution in [2.24, 2.45) is 16.1 Å². The van der Waals surface area contributed by atoms with Crippen LogP contribution in [0.3, 0.4) is 0 Å². The van der Waals surface area contributed by atoms with Gasteiger partial charge in [0.1, 0.15) is 5.92 Å². The summed E-state index contributed by atoms with van der Waals surface area (Å²) in [7, 11) is 0. The topological polar surface area (TPSA) is 62.0 Å². The van der Waals surface area contributed by atoms with E-state index >= 15 is 0 Å². The highest BCUT2D eigenvalue weighted by Crippen LogP contribution is 2.37. The van der Waals surface area contributed by atoms with E-state index in [9.17, 15) is 9.90 Å². The molecular weight excluding hydrogens is 320 g/mol. The van der Waals surface area contributed by atoms with Gasteiger partial charge in [0.25, 0.3) is 0 Å². The molecule has 112 valence electrons. The van der Waals surface area contributed by atoms with Crippen molar-refractivity contribution in [1.29, 1.82) is 0 Å². The fourth-order valence-electron chi connectivity index (χ4n) is 2.66. The molecule has 0 fully saturated rings. The molecule has 3 rings (SSSR count). The van der Waals surface area contributed by atoms with Gasteiger partial charge < -0.3 is 5.11 Å². The molecule has 2 atom stereocenters. The summed E-state index contributed by atoms with van der Waals surface area (Å²) in [6.07, 6.45) is 0. The fourth-order valence-corrected chi connectivity index (χ4v) is 3.66. The Morgan fingerprint density at radius 2 is 2.00 bits per heavy atom. The van der Waals surface area contributed by atoms with Gasteiger partial charge in [-0.3, -0.25) is 4.79 Å². The summed E-state index contributed by atoms with van der Waals surface area (Å²) in [5.74, 6) is -2.13. The average molecular weight is 333 g/mol. The number of aliphatic carboxylic acids is 1. The molecule has 0 radical (unpaired) electrons. The lowest BCUT2D eigenvalue weighted by atomic mass is 9.78. The summed E-state index contributed by atoms with van der Waals surface area (Å²) < 4.78 is 0. The lowest BCUT2D eigenvalue weighted by Crippen LogP contribution is -2.35. The van der Waals surface area contributed by atoms with Gasteiger partial charge in [0, 0.05) is 10.9 Å². The predicted molar refractivity (Wildman–Crippen MR) is 89.3 cm³/mol. The van der Waals surface area contributed by atoms with E-state index < -0.39 is 17.8 Å². The van der Waals surface area contributed by atoms with Gasteiger partial charge in [-0.25, -0.2) is 0 Å². The molecule has 1 N–H and O–H groups in total. The third kappa shape index (κ3) is 2.58. The van der Waals surface area contributed by atoms with E-state index in [-0.39, 0.29) is 0 Å². The lowest BCUT2D eigenvalue weighted by molar-refractivity contribution is -0.139. The van der Waals surface area contributed by atoms with Gasteiger partial charge in [-0.15, -0.1) is 11.3 Å². The highest BCUT2D eigenvalue weighted by Gasteiger charge is 2.39. The average Bonchev–Trinajstić information content (AvgIpc) is 3.01. The van der Waals surface area contributed by atoms with Crippen molar-refractivity contribution in [2.75, 3.05) is 0 Å². The summed E-state index contributed by atoms with van der Waals surface area (Å²) in [4.78, 5) is 12.7. The summed E-state index contributed by atoms with van der Waals surface area (Å²) in [6.45, 7) is 1.69. The summed E-state index contributed by atoms with van der Waals surface area (Å²) in [5.41, 5.74) is 1.90. The summed E-state index contributed by atoms with van der Waals surface area (Å²) >= 11 is 7.83. The van der Waals surface area contributed by atoms with Gasteiger partial charge in [0.15, 0.2) is 0 Å². The van der Waals surface area contributed by atoms with Crippen molar-refractivity contribution >= 4 is 40.3 Å². The fraction of sp³-hybridized carbons (Fsp3) is 0.188. The molecule has 0 spiro atoms. The first-order chi connectivity index (χ1) is 10.6. The van der Waals surface area contributed by atoms with Gasteiger partial charge in [0.2, 0.25) is 0 Å². The zero-order chi connectivity index (χ0) is 15.7. The highest BCUT2D eigenvalue weighted by atomic mass is 35.5. The second-order valence-corrected chi connectivity index (χ2v) is 6.37. The molecule has 2 heterocycles. The number of carbonyl (C=O) groups is 1. The molecule has 2 unspecified atom stereocenters. The Kier molecular flexibility index (Phi) is 4.09. The van der Waals surface area contributed by atoms with E-state index in [0.29, 0.717) is 16.4 Å². The predicted octanol–water partition coefficient (Wildman–Crippen LogP) is 4.06. The minimum absolute atomic E-state index is 0.442.